The van der Waals surface area contributed by atoms with Gasteiger partial charge in [0.05, 0.1) is 16.3 Å². The molecular formula is C27H33N3O4S. The number of hydrogen-bond donors (Lipinski definition) is 0. The zero-order valence-electron chi connectivity index (χ0n) is 21.1. The van der Waals surface area contributed by atoms with E-state index in [1.54, 1.807) is 24.0 Å². The largest absolute Gasteiger partial charge is 0.368 e. The number of benzene rings is 2. The zero-order valence-corrected chi connectivity index (χ0v) is 21.9. The van der Waals surface area contributed by atoms with Gasteiger partial charge in [0.25, 0.3) is 0 Å². The third-order valence-corrected chi connectivity index (χ3v) is 8.72. The van der Waals surface area contributed by atoms with E-state index < -0.39 is 9.84 Å². The number of rotatable bonds is 6. The van der Waals surface area contributed by atoms with Crippen molar-refractivity contribution in [3.63, 3.8) is 0 Å². The van der Waals surface area contributed by atoms with Crippen LogP contribution < -0.4 is 4.90 Å². The smallest absolute Gasteiger partial charge is 0.223 e. The predicted molar refractivity (Wildman–Crippen MR) is 138 cm³/mol. The minimum atomic E-state index is -3.65. The highest BCUT2D eigenvalue weighted by Gasteiger charge is 2.25. The summed E-state index contributed by atoms with van der Waals surface area (Å²) in [6.07, 6.45) is -0.0318. The first kappa shape index (κ1) is 25.0. The van der Waals surface area contributed by atoms with Gasteiger partial charge in [-0.15, -0.1) is 0 Å². The highest BCUT2D eigenvalue weighted by Crippen LogP contribution is 2.30. The van der Waals surface area contributed by atoms with Crippen molar-refractivity contribution in [3.8, 4) is 11.3 Å². The summed E-state index contributed by atoms with van der Waals surface area (Å²) in [5.74, 6) is 0.225. The molecule has 8 heteroatoms. The summed E-state index contributed by atoms with van der Waals surface area (Å²) in [4.78, 5) is 17.2. The van der Waals surface area contributed by atoms with Crippen LogP contribution in [0.15, 0.2) is 45.8 Å². The summed E-state index contributed by atoms with van der Waals surface area (Å²) in [6.45, 7) is 12.3. The van der Waals surface area contributed by atoms with Gasteiger partial charge in [-0.1, -0.05) is 29.4 Å². The second kappa shape index (κ2) is 9.85. The van der Waals surface area contributed by atoms with Crippen molar-refractivity contribution in [2.75, 3.05) is 36.8 Å². The molecule has 3 aromatic rings. The number of carbonyl (C=O) groups is 1. The fourth-order valence-electron chi connectivity index (χ4n) is 4.51. The van der Waals surface area contributed by atoms with Crippen molar-refractivity contribution in [2.24, 2.45) is 0 Å². The molecule has 1 amide bonds. The van der Waals surface area contributed by atoms with Gasteiger partial charge in [0.15, 0.2) is 15.6 Å². The first-order chi connectivity index (χ1) is 16.6. The highest BCUT2D eigenvalue weighted by atomic mass is 32.2. The number of nitrogens with zero attached hydrogens (tertiary/aromatic N) is 3. The van der Waals surface area contributed by atoms with Gasteiger partial charge in [0.1, 0.15) is 0 Å². The minimum Gasteiger partial charge on any atom is -0.368 e. The first-order valence-electron chi connectivity index (χ1n) is 11.9. The van der Waals surface area contributed by atoms with Crippen molar-refractivity contribution >= 4 is 21.4 Å². The summed E-state index contributed by atoms with van der Waals surface area (Å²) in [6, 6.07) is 11.6. The highest BCUT2D eigenvalue weighted by molar-refractivity contribution is 7.91. The van der Waals surface area contributed by atoms with E-state index in [1.807, 2.05) is 19.9 Å². The predicted octanol–water partition coefficient (Wildman–Crippen LogP) is 4.40. The second-order valence-corrected chi connectivity index (χ2v) is 11.5. The molecule has 0 atom stereocenters. The summed E-state index contributed by atoms with van der Waals surface area (Å²) >= 11 is 0. The van der Waals surface area contributed by atoms with Crippen molar-refractivity contribution in [1.82, 2.24) is 10.1 Å². The number of sulfone groups is 1. The first-order valence-corrected chi connectivity index (χ1v) is 13.6. The molecule has 0 bridgehead atoms. The Balaban J connectivity index is 1.41. The number of hydrogen-bond acceptors (Lipinski definition) is 6. The molecule has 0 radical (unpaired) electrons. The van der Waals surface area contributed by atoms with Crippen LogP contribution in [0.2, 0.25) is 0 Å². The van der Waals surface area contributed by atoms with Crippen LogP contribution >= 0.6 is 0 Å². The number of piperazine rings is 1. The molecule has 0 aliphatic carbocycles. The Morgan fingerprint density at radius 1 is 0.943 bits per heavy atom. The fraction of sp³-hybridized carbons (Fsp3) is 0.407. The Bertz CT molecular complexity index is 1350. The summed E-state index contributed by atoms with van der Waals surface area (Å²) in [5, 5.41) is 3.97. The average Bonchev–Trinajstić information content (AvgIpc) is 3.17. The number of amides is 1. The number of aryl methyl sites for hydroxylation is 4. The molecule has 0 saturated carbocycles. The topological polar surface area (TPSA) is 83.7 Å². The van der Waals surface area contributed by atoms with Crippen LogP contribution in [0, 0.1) is 34.6 Å². The molecule has 1 saturated heterocycles. The summed E-state index contributed by atoms with van der Waals surface area (Å²) in [7, 11) is -3.65. The summed E-state index contributed by atoms with van der Waals surface area (Å²) in [5.41, 5.74) is 6.60. The molecule has 1 aromatic heterocycles. The van der Waals surface area contributed by atoms with Gasteiger partial charge < -0.3 is 14.3 Å². The molecule has 2 aromatic carbocycles. The Hall–Kier alpha value is -3.13. The molecule has 1 fully saturated rings. The van der Waals surface area contributed by atoms with Crippen LogP contribution in [0.4, 0.5) is 5.69 Å². The number of aromatic nitrogens is 1. The molecular weight excluding hydrogens is 462 g/mol. The monoisotopic (exact) mass is 495 g/mol. The van der Waals surface area contributed by atoms with E-state index in [1.165, 1.54) is 16.8 Å². The standard InChI is InChI=1S/C27H33N3O4S/c1-18-6-7-19(2)24(16-18)29-11-13-30(14-12-29)26(31)10-15-35(32,33)25-17-23(9-8-20(25)3)27-21(4)22(5)28-34-27/h6-9,16-17H,10-15H2,1-5H3. The molecule has 1 aliphatic heterocycles. The fourth-order valence-corrected chi connectivity index (χ4v) is 6.04. The normalized spacial score (nSPS) is 14.4. The Kier molecular flexibility index (Phi) is 7.03. The second-order valence-electron chi connectivity index (χ2n) is 9.43. The van der Waals surface area contributed by atoms with Crippen LogP contribution in [-0.4, -0.2) is 56.3 Å². The maximum atomic E-state index is 13.2. The lowest BCUT2D eigenvalue weighted by molar-refractivity contribution is -0.131. The maximum Gasteiger partial charge on any atom is 0.223 e. The average molecular weight is 496 g/mol. The Morgan fingerprint density at radius 2 is 1.63 bits per heavy atom. The van der Waals surface area contributed by atoms with Gasteiger partial charge in [-0.25, -0.2) is 8.42 Å². The number of carbonyl (C=O) groups excluding carboxylic acids is 1. The van der Waals surface area contributed by atoms with Crippen molar-refractivity contribution < 1.29 is 17.7 Å². The van der Waals surface area contributed by atoms with Crippen molar-refractivity contribution in [2.45, 2.75) is 45.9 Å². The molecule has 0 spiro atoms. The van der Waals surface area contributed by atoms with Gasteiger partial charge >= 0.3 is 0 Å². The summed E-state index contributed by atoms with van der Waals surface area (Å²) < 4.78 is 31.8. The molecule has 0 unspecified atom stereocenters. The third-order valence-electron chi connectivity index (χ3n) is 6.86. The molecule has 7 nitrogen and oxygen atoms in total. The van der Waals surface area contributed by atoms with E-state index in [9.17, 15) is 13.2 Å². The Labute approximate surface area is 207 Å². The lowest BCUT2D eigenvalue weighted by atomic mass is 10.1. The Morgan fingerprint density at radius 3 is 2.29 bits per heavy atom. The van der Waals surface area contributed by atoms with E-state index in [2.05, 4.69) is 42.1 Å². The van der Waals surface area contributed by atoms with E-state index >= 15 is 0 Å². The van der Waals surface area contributed by atoms with Gasteiger partial charge in [0.2, 0.25) is 5.91 Å². The van der Waals surface area contributed by atoms with Crippen molar-refractivity contribution in [1.29, 1.82) is 0 Å². The lowest BCUT2D eigenvalue weighted by Gasteiger charge is -2.37. The molecule has 35 heavy (non-hydrogen) atoms. The van der Waals surface area contributed by atoms with Crippen LogP contribution in [0.3, 0.4) is 0 Å². The quantitative estimate of drug-likeness (QED) is 0.504. The van der Waals surface area contributed by atoms with Gasteiger partial charge in [-0.2, -0.15) is 0 Å². The lowest BCUT2D eigenvalue weighted by Crippen LogP contribution is -2.49. The SMILES string of the molecule is Cc1ccc(C)c(N2CCN(C(=O)CCS(=O)(=O)c3cc(-c4onc(C)c4C)ccc3C)CC2)c1. The van der Waals surface area contributed by atoms with E-state index in [-0.39, 0.29) is 23.0 Å². The molecule has 0 N–H and O–H groups in total. The van der Waals surface area contributed by atoms with Gasteiger partial charge in [-0.3, -0.25) is 4.79 Å². The molecule has 1 aliphatic rings. The van der Waals surface area contributed by atoms with Gasteiger partial charge in [-0.05, 0) is 63.4 Å². The molecule has 4 rings (SSSR count). The maximum absolute atomic E-state index is 13.2. The van der Waals surface area contributed by atoms with Crippen LogP contribution in [0.25, 0.3) is 11.3 Å². The molecule has 186 valence electrons. The minimum absolute atomic E-state index is 0.0318. The van der Waals surface area contributed by atoms with Crippen LogP contribution in [0.1, 0.15) is 34.4 Å². The number of anilines is 1. The van der Waals surface area contributed by atoms with E-state index in [0.717, 1.165) is 24.3 Å². The zero-order chi connectivity index (χ0) is 25.3. The van der Waals surface area contributed by atoms with Crippen LogP contribution in [0.5, 0.6) is 0 Å². The van der Waals surface area contributed by atoms with E-state index in [4.69, 9.17) is 4.52 Å². The van der Waals surface area contributed by atoms with Crippen LogP contribution in [-0.2, 0) is 14.6 Å². The van der Waals surface area contributed by atoms with E-state index in [0.29, 0.717) is 30.0 Å². The third kappa shape index (κ3) is 5.27. The van der Waals surface area contributed by atoms with Gasteiger partial charge in [0, 0.05) is 49.4 Å². The molecule has 2 heterocycles. The van der Waals surface area contributed by atoms with Crippen molar-refractivity contribution in [3.05, 3.63) is 64.3 Å².